The molecule has 2 aromatic rings. The van der Waals surface area contributed by atoms with Crippen molar-refractivity contribution in [3.63, 3.8) is 0 Å². The van der Waals surface area contributed by atoms with Crippen molar-refractivity contribution in [3.05, 3.63) is 34.9 Å². The number of nitrogens with zero attached hydrogens (tertiary/aromatic N) is 2. The Bertz CT molecular complexity index is 633. The third kappa shape index (κ3) is 5.67. The Morgan fingerprint density at radius 3 is 2.70 bits per heavy atom. The molecule has 0 bridgehead atoms. The van der Waals surface area contributed by atoms with Crippen LogP contribution in [0.25, 0.3) is 0 Å². The first-order valence-electron chi connectivity index (χ1n) is 7.37. The predicted octanol–water partition coefficient (Wildman–Crippen LogP) is 3.98. The van der Waals surface area contributed by atoms with Gasteiger partial charge in [0.1, 0.15) is 0 Å². The van der Waals surface area contributed by atoms with Crippen LogP contribution in [0.1, 0.15) is 31.9 Å². The average molecular weight is 371 g/mol. The lowest BCUT2D eigenvalue weighted by Crippen LogP contribution is -2.29. The fourth-order valence-corrected chi connectivity index (χ4v) is 3.73. The van der Waals surface area contributed by atoms with E-state index in [2.05, 4.69) is 20.8 Å². The molecule has 124 valence electrons. The highest BCUT2D eigenvalue weighted by Gasteiger charge is 2.14. The van der Waals surface area contributed by atoms with Gasteiger partial charge in [0.15, 0.2) is 4.34 Å². The molecule has 0 saturated heterocycles. The minimum Gasteiger partial charge on any atom is -0.360 e. The molecular weight excluding hydrogens is 352 g/mol. The molecular formula is C15H19ClN4OS2. The number of carbonyl (C=O) groups is 1. The summed E-state index contributed by atoms with van der Waals surface area (Å²) in [7, 11) is 0. The van der Waals surface area contributed by atoms with E-state index in [-0.39, 0.29) is 11.9 Å². The Morgan fingerprint density at radius 1 is 1.30 bits per heavy atom. The Morgan fingerprint density at radius 2 is 2.04 bits per heavy atom. The molecule has 1 unspecified atom stereocenters. The van der Waals surface area contributed by atoms with Crippen molar-refractivity contribution >= 4 is 45.7 Å². The van der Waals surface area contributed by atoms with Crippen molar-refractivity contribution < 1.29 is 4.79 Å². The highest BCUT2D eigenvalue weighted by molar-refractivity contribution is 8.01. The zero-order valence-corrected chi connectivity index (χ0v) is 15.4. The molecule has 0 aliphatic carbocycles. The molecule has 0 saturated carbocycles. The number of thioether (sulfide) groups is 1. The van der Waals surface area contributed by atoms with Gasteiger partial charge >= 0.3 is 0 Å². The molecule has 0 radical (unpaired) electrons. The topological polar surface area (TPSA) is 66.9 Å². The van der Waals surface area contributed by atoms with Crippen LogP contribution in [0.5, 0.6) is 0 Å². The molecule has 1 amide bonds. The van der Waals surface area contributed by atoms with Crippen LogP contribution < -0.4 is 10.6 Å². The standard InChI is InChI=1S/C15H19ClN4OS2/c1-3-12(10-5-7-11(16)8-6-10)18-13(21)9-22-15-20-19-14(23-15)17-4-2/h5-8,12H,3-4,9H2,1-2H3,(H,17,19)(H,18,21). The quantitative estimate of drug-likeness (QED) is 0.688. The van der Waals surface area contributed by atoms with Gasteiger partial charge in [0.2, 0.25) is 11.0 Å². The van der Waals surface area contributed by atoms with Crippen LogP contribution in [-0.4, -0.2) is 28.4 Å². The second-order valence-electron chi connectivity index (χ2n) is 4.77. The van der Waals surface area contributed by atoms with Crippen LogP contribution >= 0.6 is 34.7 Å². The molecule has 1 heterocycles. The van der Waals surface area contributed by atoms with Crippen molar-refractivity contribution in [1.29, 1.82) is 0 Å². The Hall–Kier alpha value is -1.31. The molecule has 0 spiro atoms. The minimum absolute atomic E-state index is 0.00731. The van der Waals surface area contributed by atoms with E-state index in [1.165, 1.54) is 23.1 Å². The first-order chi connectivity index (χ1) is 11.1. The number of carbonyl (C=O) groups excluding carboxylic acids is 1. The van der Waals surface area contributed by atoms with Crippen LogP contribution in [-0.2, 0) is 4.79 Å². The summed E-state index contributed by atoms with van der Waals surface area (Å²) < 4.78 is 0.788. The largest absolute Gasteiger partial charge is 0.360 e. The van der Waals surface area contributed by atoms with Gasteiger partial charge < -0.3 is 10.6 Å². The highest BCUT2D eigenvalue weighted by Crippen LogP contribution is 2.25. The number of amides is 1. The SMILES string of the molecule is CCNc1nnc(SCC(=O)NC(CC)c2ccc(Cl)cc2)s1. The van der Waals surface area contributed by atoms with Gasteiger partial charge in [-0.05, 0) is 31.0 Å². The Labute approximate surface area is 149 Å². The smallest absolute Gasteiger partial charge is 0.230 e. The molecule has 5 nitrogen and oxygen atoms in total. The summed E-state index contributed by atoms with van der Waals surface area (Å²) in [5.41, 5.74) is 1.06. The summed E-state index contributed by atoms with van der Waals surface area (Å²) in [6, 6.07) is 7.55. The third-order valence-corrected chi connectivity index (χ3v) is 5.34. The van der Waals surface area contributed by atoms with E-state index in [0.717, 1.165) is 28.0 Å². The van der Waals surface area contributed by atoms with Crippen LogP contribution in [0.4, 0.5) is 5.13 Å². The molecule has 0 aliphatic rings. The molecule has 0 fully saturated rings. The molecule has 0 aliphatic heterocycles. The number of rotatable bonds is 8. The van der Waals surface area contributed by atoms with Gasteiger partial charge in [-0.3, -0.25) is 4.79 Å². The van der Waals surface area contributed by atoms with E-state index in [9.17, 15) is 4.79 Å². The lowest BCUT2D eigenvalue weighted by atomic mass is 10.0. The maximum atomic E-state index is 12.1. The normalized spacial score (nSPS) is 12.0. The molecule has 1 aromatic carbocycles. The van der Waals surface area contributed by atoms with Crippen molar-refractivity contribution in [2.45, 2.75) is 30.6 Å². The summed E-state index contributed by atoms with van der Waals surface area (Å²) >= 11 is 8.75. The molecule has 2 rings (SSSR count). The zero-order valence-electron chi connectivity index (χ0n) is 13.0. The van der Waals surface area contributed by atoms with Crippen molar-refractivity contribution in [3.8, 4) is 0 Å². The number of aromatic nitrogens is 2. The van der Waals surface area contributed by atoms with E-state index in [1.807, 2.05) is 38.1 Å². The Balaban J connectivity index is 1.85. The summed E-state index contributed by atoms with van der Waals surface area (Å²) in [6.45, 7) is 4.85. The van der Waals surface area contributed by atoms with Crippen molar-refractivity contribution in [2.75, 3.05) is 17.6 Å². The van der Waals surface area contributed by atoms with Gasteiger partial charge in [-0.15, -0.1) is 10.2 Å². The van der Waals surface area contributed by atoms with Crippen molar-refractivity contribution in [1.82, 2.24) is 15.5 Å². The monoisotopic (exact) mass is 370 g/mol. The van der Waals surface area contributed by atoms with Crippen LogP contribution in [0.2, 0.25) is 5.02 Å². The van der Waals surface area contributed by atoms with Gasteiger partial charge in [0, 0.05) is 11.6 Å². The fourth-order valence-electron chi connectivity index (χ4n) is 1.97. The third-order valence-electron chi connectivity index (χ3n) is 3.08. The predicted molar refractivity (Wildman–Crippen MR) is 97.4 cm³/mol. The number of anilines is 1. The van der Waals surface area contributed by atoms with Crippen LogP contribution in [0.3, 0.4) is 0 Å². The van der Waals surface area contributed by atoms with E-state index in [4.69, 9.17) is 11.6 Å². The lowest BCUT2D eigenvalue weighted by molar-refractivity contribution is -0.119. The molecule has 8 heteroatoms. The maximum Gasteiger partial charge on any atom is 0.230 e. The second-order valence-corrected chi connectivity index (χ2v) is 7.41. The molecule has 1 aromatic heterocycles. The number of hydrogen-bond donors (Lipinski definition) is 2. The van der Waals surface area contributed by atoms with Gasteiger partial charge in [-0.1, -0.05) is 53.8 Å². The van der Waals surface area contributed by atoms with Crippen LogP contribution in [0, 0.1) is 0 Å². The summed E-state index contributed by atoms with van der Waals surface area (Å²) in [4.78, 5) is 12.1. The second kappa shape index (κ2) is 9.10. The number of halogens is 1. The summed E-state index contributed by atoms with van der Waals surface area (Å²) in [5.74, 6) is 0.308. The van der Waals surface area contributed by atoms with E-state index < -0.39 is 0 Å². The van der Waals surface area contributed by atoms with Gasteiger partial charge in [0.25, 0.3) is 0 Å². The highest BCUT2D eigenvalue weighted by atomic mass is 35.5. The lowest BCUT2D eigenvalue weighted by Gasteiger charge is -2.17. The molecule has 2 N–H and O–H groups in total. The minimum atomic E-state index is -0.0167. The molecule has 1 atom stereocenters. The number of hydrogen-bond acceptors (Lipinski definition) is 6. The Kier molecular flexibility index (Phi) is 7.14. The van der Waals surface area contributed by atoms with Gasteiger partial charge in [-0.2, -0.15) is 0 Å². The maximum absolute atomic E-state index is 12.1. The first kappa shape index (κ1) is 18.0. The first-order valence-corrected chi connectivity index (χ1v) is 9.55. The summed E-state index contributed by atoms with van der Waals surface area (Å²) in [5, 5.41) is 15.7. The van der Waals surface area contributed by atoms with E-state index in [0.29, 0.717) is 10.8 Å². The van der Waals surface area contributed by atoms with Crippen molar-refractivity contribution in [2.24, 2.45) is 0 Å². The average Bonchev–Trinajstić information content (AvgIpc) is 3.00. The number of nitrogens with one attached hydrogen (secondary N) is 2. The fraction of sp³-hybridized carbons (Fsp3) is 0.400. The summed E-state index contributed by atoms with van der Waals surface area (Å²) in [6.07, 6.45) is 0.821. The van der Waals surface area contributed by atoms with Gasteiger partial charge in [0.05, 0.1) is 11.8 Å². The van der Waals surface area contributed by atoms with Crippen LogP contribution in [0.15, 0.2) is 28.6 Å². The van der Waals surface area contributed by atoms with Gasteiger partial charge in [-0.25, -0.2) is 0 Å². The molecule has 23 heavy (non-hydrogen) atoms. The van der Waals surface area contributed by atoms with E-state index >= 15 is 0 Å². The zero-order chi connectivity index (χ0) is 16.7. The number of benzene rings is 1. The van der Waals surface area contributed by atoms with E-state index in [1.54, 1.807) is 0 Å².